The lowest BCUT2D eigenvalue weighted by atomic mass is 10.2. The molecule has 2 aromatic rings. The molecule has 154 valence electrons. The van der Waals surface area contributed by atoms with Crippen molar-refractivity contribution >= 4 is 29.2 Å². The van der Waals surface area contributed by atoms with E-state index in [0.29, 0.717) is 12.2 Å². The summed E-state index contributed by atoms with van der Waals surface area (Å²) in [6.45, 7) is 4.26. The second-order valence-corrected chi connectivity index (χ2v) is 7.01. The van der Waals surface area contributed by atoms with Gasteiger partial charge >= 0.3 is 12.2 Å². The Labute approximate surface area is 170 Å². The number of alkyl halides is 3. The van der Waals surface area contributed by atoms with Crippen molar-refractivity contribution in [3.63, 3.8) is 0 Å². The van der Waals surface area contributed by atoms with Gasteiger partial charge in [0, 0.05) is 12.6 Å². The molecule has 1 aromatic heterocycles. The van der Waals surface area contributed by atoms with Crippen molar-refractivity contribution in [2.24, 2.45) is 0 Å². The summed E-state index contributed by atoms with van der Waals surface area (Å²) < 4.78 is 45.0. The quantitative estimate of drug-likeness (QED) is 0.506. The largest absolute Gasteiger partial charge is 0.434 e. The van der Waals surface area contributed by atoms with Crippen LogP contribution in [0.25, 0.3) is 0 Å². The maximum atomic E-state index is 12.8. The van der Waals surface area contributed by atoms with E-state index in [2.05, 4.69) is 17.3 Å². The molecule has 0 atom stereocenters. The van der Waals surface area contributed by atoms with E-state index >= 15 is 0 Å². The molecule has 0 spiro atoms. The molecular weight excluding hydrogens is 418 g/mol. The van der Waals surface area contributed by atoms with Crippen LogP contribution in [0.1, 0.15) is 43.9 Å². The molecule has 0 saturated carbocycles. The number of rotatable bonds is 7. The lowest BCUT2D eigenvalue weighted by molar-refractivity contribution is -0.137. The number of nitrogens with zero attached hydrogens (tertiary/aromatic N) is 2. The number of halogens is 5. The third kappa shape index (κ3) is 5.78. The lowest BCUT2D eigenvalue weighted by Crippen LogP contribution is -2.30. The van der Waals surface area contributed by atoms with Crippen LogP contribution >= 0.6 is 23.2 Å². The second kappa shape index (κ2) is 9.52. The molecule has 2 rings (SSSR count). The van der Waals surface area contributed by atoms with Crippen LogP contribution in [-0.4, -0.2) is 22.4 Å². The Kier molecular flexibility index (Phi) is 7.60. The molecule has 0 unspecified atom stereocenters. The molecule has 1 aromatic carbocycles. The van der Waals surface area contributed by atoms with Crippen LogP contribution in [0.3, 0.4) is 0 Å². The van der Waals surface area contributed by atoms with Gasteiger partial charge in [-0.2, -0.15) is 17.9 Å². The van der Waals surface area contributed by atoms with Crippen molar-refractivity contribution < 1.29 is 22.7 Å². The summed E-state index contributed by atoms with van der Waals surface area (Å²) in [5, 5.41) is 6.14. The highest BCUT2D eigenvalue weighted by Crippen LogP contribution is 2.41. The van der Waals surface area contributed by atoms with Crippen molar-refractivity contribution in [1.82, 2.24) is 15.1 Å². The number of hydrogen-bond acceptors (Lipinski definition) is 3. The van der Waals surface area contributed by atoms with Crippen LogP contribution < -0.4 is 10.1 Å². The van der Waals surface area contributed by atoms with Crippen LogP contribution in [0.5, 0.6) is 11.6 Å². The first kappa shape index (κ1) is 22.4. The second-order valence-electron chi connectivity index (χ2n) is 6.20. The SMILES string of the molecule is CCCCCCNC(=O)n1nc(Oc2c(Cl)cc(C(F)(F)F)cc2Cl)cc1C. The summed E-state index contributed by atoms with van der Waals surface area (Å²) in [5.41, 5.74) is -0.501. The topological polar surface area (TPSA) is 56.2 Å². The molecule has 1 N–H and O–H groups in total. The van der Waals surface area contributed by atoms with Gasteiger partial charge in [0.1, 0.15) is 0 Å². The number of aromatic nitrogens is 2. The van der Waals surface area contributed by atoms with E-state index in [-0.39, 0.29) is 21.7 Å². The Morgan fingerprint density at radius 1 is 1.18 bits per heavy atom. The lowest BCUT2D eigenvalue weighted by Gasteiger charge is -2.11. The van der Waals surface area contributed by atoms with Crippen molar-refractivity contribution in [1.29, 1.82) is 0 Å². The molecule has 0 aliphatic carbocycles. The fraction of sp³-hybridized carbons (Fsp3) is 0.444. The number of benzene rings is 1. The predicted octanol–water partition coefficient (Wildman–Crippen LogP) is 6.45. The monoisotopic (exact) mass is 437 g/mol. The third-order valence-corrected chi connectivity index (χ3v) is 4.46. The van der Waals surface area contributed by atoms with Gasteiger partial charge in [0.25, 0.3) is 0 Å². The minimum absolute atomic E-state index is 0.0119. The van der Waals surface area contributed by atoms with Gasteiger partial charge in [-0.3, -0.25) is 0 Å². The van der Waals surface area contributed by atoms with E-state index in [1.54, 1.807) is 6.92 Å². The zero-order valence-electron chi connectivity index (χ0n) is 15.4. The van der Waals surface area contributed by atoms with E-state index in [9.17, 15) is 18.0 Å². The summed E-state index contributed by atoms with van der Waals surface area (Å²) in [6, 6.07) is 2.47. The van der Waals surface area contributed by atoms with Crippen molar-refractivity contribution in [2.45, 2.75) is 45.7 Å². The molecular formula is C18H20Cl2F3N3O2. The van der Waals surface area contributed by atoms with Gasteiger partial charge in [-0.05, 0) is 25.5 Å². The smallest absolute Gasteiger partial charge is 0.416 e. The van der Waals surface area contributed by atoms with Crippen LogP contribution in [0.15, 0.2) is 18.2 Å². The minimum Gasteiger partial charge on any atom is -0.434 e. The highest BCUT2D eigenvalue weighted by molar-refractivity contribution is 6.37. The molecule has 28 heavy (non-hydrogen) atoms. The Morgan fingerprint density at radius 3 is 2.39 bits per heavy atom. The van der Waals surface area contributed by atoms with Gasteiger partial charge in [-0.1, -0.05) is 49.4 Å². The molecule has 0 bridgehead atoms. The Balaban J connectivity index is 2.10. The Hall–Kier alpha value is -1.93. The highest BCUT2D eigenvalue weighted by atomic mass is 35.5. The zero-order chi connectivity index (χ0) is 20.9. The Bertz CT molecular complexity index is 815. The number of carbonyl (C=O) groups is 1. The van der Waals surface area contributed by atoms with Crippen molar-refractivity contribution in [3.8, 4) is 11.6 Å². The van der Waals surface area contributed by atoms with Gasteiger partial charge < -0.3 is 10.1 Å². The summed E-state index contributed by atoms with van der Waals surface area (Å²) in [6.07, 6.45) is -0.501. The minimum atomic E-state index is -4.58. The molecule has 0 radical (unpaired) electrons. The zero-order valence-corrected chi connectivity index (χ0v) is 16.9. The number of hydrogen-bond donors (Lipinski definition) is 1. The van der Waals surface area contributed by atoms with Gasteiger partial charge in [0.2, 0.25) is 5.88 Å². The predicted molar refractivity (Wildman–Crippen MR) is 101 cm³/mol. The van der Waals surface area contributed by atoms with Crippen molar-refractivity contribution in [2.75, 3.05) is 6.54 Å². The van der Waals surface area contributed by atoms with Crippen LogP contribution in [0.4, 0.5) is 18.0 Å². The fourth-order valence-corrected chi connectivity index (χ4v) is 3.01. The van der Waals surface area contributed by atoms with Gasteiger partial charge in [0.05, 0.1) is 21.3 Å². The summed E-state index contributed by atoms with van der Waals surface area (Å²) in [5.74, 6) is -0.178. The first-order valence-corrected chi connectivity index (χ1v) is 9.48. The molecule has 5 nitrogen and oxygen atoms in total. The summed E-state index contributed by atoms with van der Waals surface area (Å²) >= 11 is 11.8. The number of aryl methyl sites for hydroxylation is 1. The van der Waals surface area contributed by atoms with E-state index in [0.717, 1.165) is 42.5 Å². The molecule has 0 aliphatic rings. The van der Waals surface area contributed by atoms with Crippen LogP contribution in [0.2, 0.25) is 10.0 Å². The number of ether oxygens (including phenoxy) is 1. The number of unbranched alkanes of at least 4 members (excludes halogenated alkanes) is 3. The average molecular weight is 438 g/mol. The van der Waals surface area contributed by atoms with E-state index < -0.39 is 17.8 Å². The van der Waals surface area contributed by atoms with Crippen molar-refractivity contribution in [3.05, 3.63) is 39.5 Å². The van der Waals surface area contributed by atoms with Gasteiger partial charge in [-0.15, -0.1) is 5.10 Å². The highest BCUT2D eigenvalue weighted by Gasteiger charge is 2.32. The number of nitrogens with one attached hydrogen (secondary N) is 1. The molecule has 1 amide bonds. The fourth-order valence-electron chi connectivity index (χ4n) is 2.45. The molecule has 0 saturated heterocycles. The van der Waals surface area contributed by atoms with E-state index in [1.807, 2.05) is 0 Å². The number of carbonyl (C=O) groups excluding carboxylic acids is 1. The summed E-state index contributed by atoms with van der Waals surface area (Å²) in [4.78, 5) is 12.2. The standard InChI is InChI=1S/C18H20Cl2F3N3O2/c1-3-4-5-6-7-24-17(27)26-11(2)8-15(25-26)28-16-13(19)9-12(10-14(16)20)18(21,22)23/h8-10H,3-7H2,1-2H3,(H,24,27). The van der Waals surface area contributed by atoms with E-state index in [4.69, 9.17) is 27.9 Å². The van der Waals surface area contributed by atoms with Gasteiger partial charge in [-0.25, -0.2) is 4.79 Å². The van der Waals surface area contributed by atoms with Crippen LogP contribution in [0, 0.1) is 6.92 Å². The maximum absolute atomic E-state index is 12.8. The average Bonchev–Trinajstić information content (AvgIpc) is 2.97. The maximum Gasteiger partial charge on any atom is 0.416 e. The van der Waals surface area contributed by atoms with Crippen LogP contribution in [-0.2, 0) is 6.18 Å². The normalized spacial score (nSPS) is 11.5. The van der Waals surface area contributed by atoms with Gasteiger partial charge in [0.15, 0.2) is 5.75 Å². The first-order valence-electron chi connectivity index (χ1n) is 8.72. The summed E-state index contributed by atoms with van der Waals surface area (Å²) in [7, 11) is 0. The molecule has 0 aliphatic heterocycles. The van der Waals surface area contributed by atoms with E-state index in [1.165, 1.54) is 6.07 Å². The molecule has 1 heterocycles. The third-order valence-electron chi connectivity index (χ3n) is 3.90. The number of amides is 1. The Morgan fingerprint density at radius 2 is 1.82 bits per heavy atom. The molecule has 0 fully saturated rings. The first-order chi connectivity index (χ1) is 13.1. The molecule has 10 heteroatoms.